The molecule has 3 saturated heterocycles. The fourth-order valence-corrected chi connectivity index (χ4v) is 6.62. The van der Waals surface area contributed by atoms with Crippen LogP contribution in [0, 0.1) is 36.5 Å². The molecule has 0 bridgehead atoms. The molecule has 66 heavy (non-hydrogen) atoms. The summed E-state index contributed by atoms with van der Waals surface area (Å²) in [5.74, 6) is 3.10. The normalized spacial score (nSPS) is 33.3. The van der Waals surface area contributed by atoms with Crippen LogP contribution in [0.15, 0.2) is 5.16 Å². The number of methoxy groups -OCH3 is 2. The van der Waals surface area contributed by atoms with Crippen molar-refractivity contribution in [2.24, 2.45) is 22.9 Å². The minimum absolute atomic E-state index is 0.194. The number of carboxylic acids is 2. The molecular formula is C34H52N2O28S2-4. The summed E-state index contributed by atoms with van der Waals surface area (Å²) in [6, 6.07) is 0. The lowest BCUT2D eigenvalue weighted by atomic mass is 9.92. The Labute approximate surface area is 377 Å². The lowest BCUT2D eigenvalue weighted by Gasteiger charge is -2.46. The van der Waals surface area contributed by atoms with Gasteiger partial charge in [-0.25, -0.2) is 22.7 Å². The summed E-state index contributed by atoms with van der Waals surface area (Å²) in [5.41, 5.74) is 0. The van der Waals surface area contributed by atoms with Gasteiger partial charge in [0, 0.05) is 26.1 Å². The first-order chi connectivity index (χ1) is 30.7. The molecule has 32 heteroatoms. The minimum Gasteiger partial charge on any atom is -0.726 e. The van der Waals surface area contributed by atoms with E-state index in [0.717, 1.165) is 7.11 Å². The van der Waals surface area contributed by atoms with Crippen molar-refractivity contribution < 1.29 is 133 Å². The molecule has 8 unspecified atom stereocenters. The van der Waals surface area contributed by atoms with Crippen LogP contribution in [0.2, 0.25) is 0 Å². The number of carboxylic acid groups (broad SMARTS) is 2. The second kappa shape index (κ2) is 28.8. The zero-order valence-corrected chi connectivity index (χ0v) is 36.8. The van der Waals surface area contributed by atoms with E-state index in [9.17, 15) is 81.5 Å². The Bertz CT molecular complexity index is 1810. The van der Waals surface area contributed by atoms with Gasteiger partial charge >= 0.3 is 0 Å². The molecular weight excluding hydrogens is 948 g/mol. The lowest BCUT2D eigenvalue weighted by molar-refractivity contribution is -0.348. The monoisotopic (exact) mass is 1000 g/mol. The quantitative estimate of drug-likeness (QED) is 0.0132. The largest absolute Gasteiger partial charge is 0.726 e. The highest BCUT2D eigenvalue weighted by Gasteiger charge is 2.49. The number of terminal acetylenes is 2. The number of hydrogen-bond donors (Lipinski definition) is 8. The predicted molar refractivity (Wildman–Crippen MR) is 202 cm³/mol. The molecule has 0 aromatic rings. The molecule has 3 fully saturated rings. The molecule has 30 nitrogen and oxygen atoms in total. The fourth-order valence-electron chi connectivity index (χ4n) is 6.01. The van der Waals surface area contributed by atoms with Crippen LogP contribution >= 0.6 is 0 Å². The zero-order valence-electron chi connectivity index (χ0n) is 35.2. The number of aliphatic hydroxyl groups is 7. The number of hydrogen-bond acceptors (Lipinski definition) is 30. The molecule has 3 aliphatic heterocycles. The van der Waals surface area contributed by atoms with Crippen LogP contribution in [0.1, 0.15) is 13.8 Å². The van der Waals surface area contributed by atoms with E-state index in [-0.39, 0.29) is 13.2 Å². The Balaban J connectivity index is 0.000000603. The third-order valence-corrected chi connectivity index (χ3v) is 10.2. The molecule has 0 aromatic heterocycles. The number of ether oxygens (including phenoxy) is 7. The number of carbonyl (C=O) groups is 2. The number of oxime groups is 1. The van der Waals surface area contributed by atoms with Crippen LogP contribution in [-0.4, -0.2) is 225 Å². The molecule has 3 heterocycles. The molecule has 0 radical (unpaired) electrons. The van der Waals surface area contributed by atoms with Gasteiger partial charge < -0.3 is 103 Å². The van der Waals surface area contributed by atoms with Crippen molar-refractivity contribution in [3.8, 4) is 24.7 Å². The summed E-state index contributed by atoms with van der Waals surface area (Å²) >= 11 is 0. The Kier molecular flexibility index (Phi) is 26.5. The summed E-state index contributed by atoms with van der Waals surface area (Å²) in [6.07, 6.45) is -15.5. The molecule has 0 amide bonds. The van der Waals surface area contributed by atoms with Crippen LogP contribution < -0.4 is 16.1 Å². The number of nitrogens with two attached hydrogens (primary N) is 1. The molecule has 9 N–H and O–H groups in total. The van der Waals surface area contributed by atoms with E-state index in [1.807, 2.05) is 0 Å². The first kappa shape index (κ1) is 60.6. The summed E-state index contributed by atoms with van der Waals surface area (Å²) < 4.78 is 109. The van der Waals surface area contributed by atoms with E-state index >= 15 is 0 Å². The van der Waals surface area contributed by atoms with Gasteiger partial charge in [-0.05, 0) is 0 Å². The van der Waals surface area contributed by atoms with E-state index in [0.29, 0.717) is 6.21 Å². The highest BCUT2D eigenvalue weighted by Crippen LogP contribution is 2.33. The van der Waals surface area contributed by atoms with Gasteiger partial charge in [0.15, 0.2) is 19.2 Å². The van der Waals surface area contributed by atoms with Crippen molar-refractivity contribution in [3.05, 3.63) is 0 Å². The molecule has 382 valence electrons. The lowest BCUT2D eigenvalue weighted by Crippen LogP contribution is -2.63. The van der Waals surface area contributed by atoms with Crippen LogP contribution in [0.3, 0.4) is 0 Å². The van der Waals surface area contributed by atoms with Crippen molar-refractivity contribution in [3.63, 3.8) is 0 Å². The maximum atomic E-state index is 11.2. The van der Waals surface area contributed by atoms with Gasteiger partial charge in [-0.2, -0.15) is 0 Å². The molecule has 3 aliphatic rings. The van der Waals surface area contributed by atoms with Gasteiger partial charge in [0.25, 0.3) is 0 Å². The number of rotatable bonds is 21. The fraction of sp³-hybridized carbons (Fsp3) is 0.794. The van der Waals surface area contributed by atoms with Crippen molar-refractivity contribution in [1.82, 2.24) is 0 Å². The minimum atomic E-state index is -5.13. The number of aliphatic carboxylic acids is 2. The van der Waals surface area contributed by atoms with Crippen LogP contribution in [0.4, 0.5) is 0 Å². The van der Waals surface area contributed by atoms with E-state index in [2.05, 4.69) is 47.4 Å². The highest BCUT2D eigenvalue weighted by molar-refractivity contribution is 7.81. The predicted octanol–water partition coefficient (Wildman–Crippen LogP) is -9.98. The van der Waals surface area contributed by atoms with E-state index in [1.54, 1.807) is 0 Å². The van der Waals surface area contributed by atoms with Crippen molar-refractivity contribution in [2.75, 3.05) is 47.3 Å². The van der Waals surface area contributed by atoms with E-state index in [4.69, 9.17) is 39.6 Å². The number of aliphatic hydroxyl groups excluding tert-OH is 7. The Morgan fingerprint density at radius 2 is 1.32 bits per heavy atom. The second-order valence-electron chi connectivity index (χ2n) is 13.9. The van der Waals surface area contributed by atoms with Gasteiger partial charge in [-0.1, -0.05) is 30.8 Å². The molecule has 0 saturated carbocycles. The molecule has 0 aromatic carbocycles. The van der Waals surface area contributed by atoms with Crippen molar-refractivity contribution >= 4 is 39.0 Å². The third kappa shape index (κ3) is 19.3. The van der Waals surface area contributed by atoms with Crippen molar-refractivity contribution in [1.29, 1.82) is 0 Å². The number of nitrogens with zero attached hydrogens (tertiary/aromatic N) is 1. The van der Waals surface area contributed by atoms with Crippen LogP contribution in [-0.2, 0) is 81.6 Å². The Morgan fingerprint density at radius 3 is 1.73 bits per heavy atom. The summed E-state index contributed by atoms with van der Waals surface area (Å²) in [4.78, 5) is 30.9. The standard InChI is InChI=1S/C17H27NO14S.C14H24O13S.C3H5NO/c1-4-5-29-18-6-9(19)12(21)15(13(22)16(23)24)32-17-8(2)11(20)14(28-3)10(31-17)7-30-33(25,26)27;1-5-8(16)10(23-2)7(4-25-28(20,21)22)26-14(5)27-11-9(17)6(15)3-24-12(11)13(18)19;1-2-3-5-4/h1,6,8-15,17,19-22H,5,7H2,2-3H3,(H,23,24)(H,25,26,27);5-12,14-17H,3-4H2,1-2H3,(H,18,19)(H,20,21,22);1H,3-4H2/p-4/b18-6-;;/t8?,9?,10?,11-,12-,13?,14-,15+,17+;5?,6?,7?,8-,9-,10-,11+,12?,14+;/m11./s1. The summed E-state index contributed by atoms with van der Waals surface area (Å²) in [5, 5.41) is 96.5. The van der Waals surface area contributed by atoms with Gasteiger partial charge in [-0.3, -0.25) is 13.2 Å². The molecule has 3 rings (SSSR count). The molecule has 18 atom stereocenters. The van der Waals surface area contributed by atoms with E-state index in [1.165, 1.54) is 21.0 Å². The maximum Gasteiger partial charge on any atom is 0.217 e. The first-order valence-electron chi connectivity index (χ1n) is 18.7. The van der Waals surface area contributed by atoms with Gasteiger partial charge in [0.1, 0.15) is 79.9 Å². The van der Waals surface area contributed by atoms with Crippen molar-refractivity contribution in [2.45, 2.75) is 112 Å². The highest BCUT2D eigenvalue weighted by atomic mass is 32.3. The summed E-state index contributed by atoms with van der Waals surface area (Å²) in [7, 11) is -7.81. The summed E-state index contributed by atoms with van der Waals surface area (Å²) in [6.45, 7) is 0.588. The van der Waals surface area contributed by atoms with Crippen LogP contribution in [0.5, 0.6) is 0 Å². The third-order valence-electron chi connectivity index (χ3n) is 9.39. The molecule has 0 spiro atoms. The Hall–Kier alpha value is -3.37. The first-order valence-corrected chi connectivity index (χ1v) is 21.4. The second-order valence-corrected chi connectivity index (χ2v) is 16.0. The Morgan fingerprint density at radius 1 is 0.833 bits per heavy atom. The average Bonchev–Trinajstić information content (AvgIpc) is 3.24. The smallest absolute Gasteiger partial charge is 0.217 e. The van der Waals surface area contributed by atoms with E-state index < -0.39 is 162 Å². The average molecular weight is 1000 g/mol. The zero-order chi connectivity index (χ0) is 50.7. The SMILES string of the molecule is C#CCO/N=C\C(O)[C@@H](O)[C@H](O[C@@H]1OC(COS(=O)(=O)[O-])[C@@H](OC)[C@H](O)C1C)C(O)C(=O)[O-].C#CCON.CO[C@@H]1C(COS(=O)(=O)[O-])O[C@@H](O[C@@H]2C(C(=O)[O-])OCC(O)[C@H]2O)C(C)[C@H]1O. The molecule has 0 aliphatic carbocycles. The van der Waals surface area contributed by atoms with Gasteiger partial charge in [-0.15, -0.1) is 12.8 Å². The van der Waals surface area contributed by atoms with Gasteiger partial charge in [0.2, 0.25) is 20.8 Å². The number of carbonyl (C=O) groups excluding carboxylic acids is 2. The van der Waals surface area contributed by atoms with Crippen LogP contribution in [0.25, 0.3) is 0 Å². The topological polar surface area (TPSA) is 476 Å². The maximum absolute atomic E-state index is 11.2. The van der Waals surface area contributed by atoms with Gasteiger partial charge in [0.05, 0.1) is 50.2 Å².